The molecule has 0 saturated carbocycles. The van der Waals surface area contributed by atoms with Gasteiger partial charge in [-0.25, -0.2) is 0 Å². The minimum atomic E-state index is 0.570. The fourth-order valence-electron chi connectivity index (χ4n) is 2.55. The van der Waals surface area contributed by atoms with Crippen LogP contribution in [0.3, 0.4) is 0 Å². The predicted molar refractivity (Wildman–Crippen MR) is 64.2 cm³/mol. The summed E-state index contributed by atoms with van der Waals surface area (Å²) in [5, 5.41) is 0. The lowest BCUT2D eigenvalue weighted by molar-refractivity contribution is 0.448. The normalized spacial score (nSPS) is 20.1. The largest absolute Gasteiger partial charge is 0.365 e. The van der Waals surface area contributed by atoms with Gasteiger partial charge < -0.3 is 4.90 Å². The van der Waals surface area contributed by atoms with Crippen LogP contribution in [0.15, 0.2) is 18.5 Å². The molecule has 1 aromatic heterocycles. The molecular weight excluding hydrogens is 184 g/mol. The van der Waals surface area contributed by atoms with Gasteiger partial charge in [0.2, 0.25) is 0 Å². The summed E-state index contributed by atoms with van der Waals surface area (Å²) in [5.74, 6) is 0.694. The van der Waals surface area contributed by atoms with Gasteiger partial charge in [-0.15, -0.1) is 0 Å². The van der Waals surface area contributed by atoms with Crippen molar-refractivity contribution in [1.82, 2.24) is 4.98 Å². The van der Waals surface area contributed by atoms with Crippen molar-refractivity contribution in [3.05, 3.63) is 24.0 Å². The van der Waals surface area contributed by atoms with Crippen LogP contribution < -0.4 is 4.90 Å². The number of pyridine rings is 1. The van der Waals surface area contributed by atoms with Crippen molar-refractivity contribution in [2.75, 3.05) is 4.90 Å². The Morgan fingerprint density at radius 1 is 1.33 bits per heavy atom. The van der Waals surface area contributed by atoms with E-state index in [1.165, 1.54) is 11.3 Å². The maximum absolute atomic E-state index is 4.22. The van der Waals surface area contributed by atoms with Gasteiger partial charge in [0, 0.05) is 30.2 Å². The highest BCUT2D eigenvalue weighted by atomic mass is 15.2. The summed E-state index contributed by atoms with van der Waals surface area (Å²) >= 11 is 0. The molecule has 0 fully saturated rings. The molecule has 1 aliphatic rings. The lowest BCUT2D eigenvalue weighted by Gasteiger charge is -2.33. The van der Waals surface area contributed by atoms with Gasteiger partial charge in [0.15, 0.2) is 0 Å². The van der Waals surface area contributed by atoms with E-state index < -0.39 is 0 Å². The summed E-state index contributed by atoms with van der Waals surface area (Å²) in [6.07, 6.45) is 5.07. The van der Waals surface area contributed by atoms with E-state index in [0.29, 0.717) is 18.0 Å². The molecule has 0 saturated heterocycles. The molecule has 15 heavy (non-hydrogen) atoms. The molecule has 0 radical (unpaired) electrons. The van der Waals surface area contributed by atoms with E-state index in [1.807, 2.05) is 12.4 Å². The molecule has 0 aromatic carbocycles. The first kappa shape index (κ1) is 10.5. The summed E-state index contributed by atoms with van der Waals surface area (Å²) in [6, 6.07) is 3.36. The van der Waals surface area contributed by atoms with Crippen molar-refractivity contribution in [2.45, 2.75) is 46.2 Å². The van der Waals surface area contributed by atoms with E-state index in [9.17, 15) is 0 Å². The van der Waals surface area contributed by atoms with Gasteiger partial charge in [-0.1, -0.05) is 13.8 Å². The molecule has 82 valence electrons. The second-order valence-electron chi connectivity index (χ2n) is 5.02. The molecule has 1 aromatic rings. The fourth-order valence-corrected chi connectivity index (χ4v) is 2.55. The fraction of sp³-hybridized carbons (Fsp3) is 0.615. The Hall–Kier alpha value is -1.05. The Morgan fingerprint density at radius 3 is 2.67 bits per heavy atom. The van der Waals surface area contributed by atoms with Crippen molar-refractivity contribution in [2.24, 2.45) is 5.92 Å². The van der Waals surface area contributed by atoms with E-state index in [2.05, 4.69) is 43.6 Å². The minimum Gasteiger partial charge on any atom is -0.365 e. The van der Waals surface area contributed by atoms with E-state index in [-0.39, 0.29) is 0 Å². The monoisotopic (exact) mass is 204 g/mol. The van der Waals surface area contributed by atoms with Gasteiger partial charge in [0.05, 0.1) is 0 Å². The van der Waals surface area contributed by atoms with Crippen LogP contribution in [0.2, 0.25) is 0 Å². The number of hydrogen-bond donors (Lipinski definition) is 0. The van der Waals surface area contributed by atoms with Crippen LogP contribution in [0.25, 0.3) is 0 Å². The van der Waals surface area contributed by atoms with Gasteiger partial charge in [-0.2, -0.15) is 0 Å². The highest BCUT2D eigenvalue weighted by Crippen LogP contribution is 2.35. The van der Waals surface area contributed by atoms with Crippen LogP contribution in [-0.4, -0.2) is 17.1 Å². The van der Waals surface area contributed by atoms with Gasteiger partial charge in [0.1, 0.15) is 0 Å². The molecule has 1 aliphatic heterocycles. The molecule has 2 heterocycles. The molecule has 0 amide bonds. The van der Waals surface area contributed by atoms with E-state index in [1.54, 1.807) is 0 Å². The second-order valence-corrected chi connectivity index (χ2v) is 5.02. The number of hydrogen-bond acceptors (Lipinski definition) is 2. The van der Waals surface area contributed by atoms with Crippen LogP contribution in [0, 0.1) is 5.92 Å². The first-order valence-corrected chi connectivity index (χ1v) is 5.82. The maximum Gasteiger partial charge on any atom is 0.0435 e. The van der Waals surface area contributed by atoms with Crippen molar-refractivity contribution in [3.63, 3.8) is 0 Å². The zero-order chi connectivity index (χ0) is 11.0. The zero-order valence-corrected chi connectivity index (χ0v) is 10.1. The van der Waals surface area contributed by atoms with E-state index in [0.717, 1.165) is 6.42 Å². The SMILES string of the molecule is CC(C)C1Cc2cnccc2N1C(C)C. The summed E-state index contributed by atoms with van der Waals surface area (Å²) in [4.78, 5) is 6.76. The highest BCUT2D eigenvalue weighted by Gasteiger charge is 2.32. The Kier molecular flexibility index (Phi) is 2.68. The highest BCUT2D eigenvalue weighted by molar-refractivity contribution is 5.59. The van der Waals surface area contributed by atoms with E-state index >= 15 is 0 Å². The molecule has 1 unspecified atom stereocenters. The minimum absolute atomic E-state index is 0.570. The number of anilines is 1. The molecule has 2 heteroatoms. The summed E-state index contributed by atoms with van der Waals surface area (Å²) in [5.41, 5.74) is 2.80. The van der Waals surface area contributed by atoms with Crippen molar-refractivity contribution < 1.29 is 0 Å². The Labute approximate surface area is 92.3 Å². The Balaban J connectivity index is 2.38. The van der Waals surface area contributed by atoms with Crippen LogP contribution in [-0.2, 0) is 6.42 Å². The molecule has 0 spiro atoms. The van der Waals surface area contributed by atoms with Gasteiger partial charge in [-0.05, 0) is 37.8 Å². The van der Waals surface area contributed by atoms with Crippen LogP contribution >= 0.6 is 0 Å². The Bertz CT molecular complexity index is 344. The average Bonchev–Trinajstić information content (AvgIpc) is 2.56. The lowest BCUT2D eigenvalue weighted by Crippen LogP contribution is -2.40. The summed E-state index contributed by atoms with van der Waals surface area (Å²) in [6.45, 7) is 9.15. The standard InChI is InChI=1S/C13H20N2/c1-9(2)13-7-11-8-14-6-5-12(11)15(13)10(3)4/h5-6,8-10,13H,7H2,1-4H3. The van der Waals surface area contributed by atoms with Gasteiger partial charge in [-0.3, -0.25) is 4.98 Å². The van der Waals surface area contributed by atoms with E-state index in [4.69, 9.17) is 0 Å². The molecule has 2 rings (SSSR count). The quantitative estimate of drug-likeness (QED) is 0.736. The number of fused-ring (bicyclic) bond motifs is 1. The zero-order valence-electron chi connectivity index (χ0n) is 10.1. The van der Waals surface area contributed by atoms with Crippen LogP contribution in [0.4, 0.5) is 5.69 Å². The first-order chi connectivity index (χ1) is 7.11. The summed E-state index contributed by atoms with van der Waals surface area (Å²) in [7, 11) is 0. The van der Waals surface area contributed by atoms with Crippen molar-refractivity contribution in [1.29, 1.82) is 0 Å². The van der Waals surface area contributed by atoms with Crippen LogP contribution in [0.5, 0.6) is 0 Å². The lowest BCUT2D eigenvalue weighted by atomic mass is 10.00. The third-order valence-electron chi connectivity index (χ3n) is 3.27. The number of nitrogens with zero attached hydrogens (tertiary/aromatic N) is 2. The Morgan fingerprint density at radius 2 is 2.07 bits per heavy atom. The molecule has 2 nitrogen and oxygen atoms in total. The number of aromatic nitrogens is 1. The smallest absolute Gasteiger partial charge is 0.0435 e. The summed E-state index contributed by atoms with van der Waals surface area (Å²) < 4.78 is 0. The second kappa shape index (κ2) is 3.84. The average molecular weight is 204 g/mol. The predicted octanol–water partition coefficient (Wildman–Crippen LogP) is 2.88. The number of rotatable bonds is 2. The molecule has 0 N–H and O–H groups in total. The third-order valence-corrected chi connectivity index (χ3v) is 3.27. The maximum atomic E-state index is 4.22. The topological polar surface area (TPSA) is 16.1 Å². The molecule has 0 aliphatic carbocycles. The van der Waals surface area contributed by atoms with Gasteiger partial charge >= 0.3 is 0 Å². The van der Waals surface area contributed by atoms with Crippen molar-refractivity contribution >= 4 is 5.69 Å². The van der Waals surface area contributed by atoms with Gasteiger partial charge in [0.25, 0.3) is 0 Å². The van der Waals surface area contributed by atoms with Crippen LogP contribution in [0.1, 0.15) is 33.3 Å². The molecule has 0 bridgehead atoms. The first-order valence-electron chi connectivity index (χ1n) is 5.82. The third kappa shape index (κ3) is 1.73. The molecule has 1 atom stereocenters. The molecular formula is C13H20N2. The van der Waals surface area contributed by atoms with Crippen molar-refractivity contribution in [3.8, 4) is 0 Å².